The maximum Gasteiger partial charge on any atom is 0.253 e. The van der Waals surface area contributed by atoms with Crippen LogP contribution >= 0.6 is 0 Å². The number of amides is 1. The number of rotatable bonds is 5. The van der Waals surface area contributed by atoms with E-state index in [0.717, 1.165) is 56.9 Å². The average Bonchev–Trinajstić information content (AvgIpc) is 3.05. The molecule has 1 aliphatic heterocycles. The smallest absolute Gasteiger partial charge is 0.253 e. The van der Waals surface area contributed by atoms with Gasteiger partial charge in [-0.1, -0.05) is 5.21 Å². The highest BCUT2D eigenvalue weighted by Gasteiger charge is 2.20. The Morgan fingerprint density at radius 2 is 1.92 bits per heavy atom. The van der Waals surface area contributed by atoms with Crippen LogP contribution in [0.4, 0.5) is 0 Å². The zero-order valence-electron chi connectivity index (χ0n) is 15.0. The first kappa shape index (κ1) is 17.6. The second kappa shape index (κ2) is 8.22. The molecule has 1 fully saturated rings. The van der Waals surface area contributed by atoms with Gasteiger partial charge in [-0.2, -0.15) is 0 Å². The molecule has 0 bridgehead atoms. The van der Waals surface area contributed by atoms with Gasteiger partial charge in [0.05, 0.1) is 18.1 Å². The van der Waals surface area contributed by atoms with E-state index in [-0.39, 0.29) is 5.91 Å². The molecule has 3 rings (SSSR count). The summed E-state index contributed by atoms with van der Waals surface area (Å²) >= 11 is 0. The minimum atomic E-state index is 0.111. The molecule has 0 radical (unpaired) electrons. The first-order chi connectivity index (χ1) is 12.1. The van der Waals surface area contributed by atoms with Crippen LogP contribution in [0, 0.1) is 0 Å². The van der Waals surface area contributed by atoms with Crippen LogP contribution in [0.25, 0.3) is 5.69 Å². The van der Waals surface area contributed by atoms with Crippen LogP contribution in [-0.4, -0.2) is 89.0 Å². The number of aromatic nitrogens is 3. The SMILES string of the molecule is CN(C)CCN1CCCN(C(=O)c2ccc(-n3ccnn3)cc2)CC1. The first-order valence-electron chi connectivity index (χ1n) is 8.76. The topological polar surface area (TPSA) is 57.5 Å². The van der Waals surface area contributed by atoms with E-state index in [1.807, 2.05) is 29.2 Å². The summed E-state index contributed by atoms with van der Waals surface area (Å²) in [5, 5.41) is 7.77. The van der Waals surface area contributed by atoms with Crippen molar-refractivity contribution in [3.8, 4) is 5.69 Å². The number of likely N-dealkylation sites (N-methyl/N-ethyl adjacent to an activating group) is 1. The van der Waals surface area contributed by atoms with Gasteiger partial charge in [-0.05, 0) is 51.3 Å². The summed E-state index contributed by atoms with van der Waals surface area (Å²) in [4.78, 5) is 19.4. The van der Waals surface area contributed by atoms with Crippen LogP contribution in [0.3, 0.4) is 0 Å². The Kier molecular flexibility index (Phi) is 5.78. The van der Waals surface area contributed by atoms with Crippen molar-refractivity contribution in [2.75, 3.05) is 53.4 Å². The fourth-order valence-electron chi connectivity index (χ4n) is 3.02. The van der Waals surface area contributed by atoms with Gasteiger partial charge >= 0.3 is 0 Å². The molecule has 2 aromatic rings. The minimum Gasteiger partial charge on any atom is -0.337 e. The molecular weight excluding hydrogens is 316 g/mol. The second-order valence-electron chi connectivity index (χ2n) is 6.69. The van der Waals surface area contributed by atoms with Gasteiger partial charge in [0.2, 0.25) is 0 Å². The fourth-order valence-corrected chi connectivity index (χ4v) is 3.02. The lowest BCUT2D eigenvalue weighted by atomic mass is 10.1. The van der Waals surface area contributed by atoms with E-state index < -0.39 is 0 Å². The maximum atomic E-state index is 12.8. The zero-order chi connectivity index (χ0) is 17.6. The van der Waals surface area contributed by atoms with Crippen molar-refractivity contribution >= 4 is 5.91 Å². The van der Waals surface area contributed by atoms with Crippen molar-refractivity contribution in [3.63, 3.8) is 0 Å². The van der Waals surface area contributed by atoms with E-state index in [1.165, 1.54) is 0 Å². The molecule has 1 saturated heterocycles. The number of carbonyl (C=O) groups is 1. The summed E-state index contributed by atoms with van der Waals surface area (Å²) < 4.78 is 1.68. The molecule has 0 unspecified atom stereocenters. The minimum absolute atomic E-state index is 0.111. The van der Waals surface area contributed by atoms with Crippen molar-refractivity contribution in [2.24, 2.45) is 0 Å². The van der Waals surface area contributed by atoms with E-state index in [2.05, 4.69) is 34.2 Å². The van der Waals surface area contributed by atoms with Crippen LogP contribution in [0.15, 0.2) is 36.7 Å². The monoisotopic (exact) mass is 342 g/mol. The molecule has 134 valence electrons. The number of nitrogens with zero attached hydrogens (tertiary/aromatic N) is 6. The molecule has 0 saturated carbocycles. The van der Waals surface area contributed by atoms with Gasteiger partial charge in [0, 0.05) is 38.3 Å². The summed E-state index contributed by atoms with van der Waals surface area (Å²) in [6, 6.07) is 7.55. The Hall–Kier alpha value is -2.25. The Bertz CT molecular complexity index is 667. The van der Waals surface area contributed by atoms with Gasteiger partial charge in [-0.3, -0.25) is 4.79 Å². The van der Waals surface area contributed by atoms with Crippen LogP contribution in [0.5, 0.6) is 0 Å². The highest BCUT2D eigenvalue weighted by molar-refractivity contribution is 5.94. The van der Waals surface area contributed by atoms with E-state index in [4.69, 9.17) is 0 Å². The highest BCUT2D eigenvalue weighted by Crippen LogP contribution is 2.12. The van der Waals surface area contributed by atoms with Crippen molar-refractivity contribution in [1.29, 1.82) is 0 Å². The van der Waals surface area contributed by atoms with E-state index in [0.29, 0.717) is 0 Å². The van der Waals surface area contributed by atoms with Crippen LogP contribution < -0.4 is 0 Å². The molecular formula is C18H26N6O. The molecule has 7 nitrogen and oxygen atoms in total. The fraction of sp³-hybridized carbons (Fsp3) is 0.500. The highest BCUT2D eigenvalue weighted by atomic mass is 16.2. The average molecular weight is 342 g/mol. The number of carbonyl (C=O) groups excluding carboxylic acids is 1. The van der Waals surface area contributed by atoms with Crippen molar-refractivity contribution in [2.45, 2.75) is 6.42 Å². The van der Waals surface area contributed by atoms with E-state index >= 15 is 0 Å². The summed E-state index contributed by atoms with van der Waals surface area (Å²) in [6.45, 7) is 5.72. The van der Waals surface area contributed by atoms with Crippen LogP contribution in [0.1, 0.15) is 16.8 Å². The summed E-state index contributed by atoms with van der Waals surface area (Å²) in [5.74, 6) is 0.111. The third-order valence-corrected chi connectivity index (χ3v) is 4.54. The molecule has 2 heterocycles. The molecule has 1 aliphatic rings. The summed E-state index contributed by atoms with van der Waals surface area (Å²) in [6.07, 6.45) is 4.45. The standard InChI is InChI=1S/C18H26N6O/c1-21(2)12-13-22-9-3-10-23(15-14-22)18(25)16-4-6-17(7-5-16)24-11-8-19-20-24/h4-8,11H,3,9-10,12-15H2,1-2H3. The third-order valence-electron chi connectivity index (χ3n) is 4.54. The Morgan fingerprint density at radius 1 is 1.12 bits per heavy atom. The van der Waals surface area contributed by atoms with Crippen LogP contribution in [-0.2, 0) is 0 Å². The molecule has 0 spiro atoms. The molecule has 0 aliphatic carbocycles. The van der Waals surface area contributed by atoms with Crippen molar-refractivity contribution < 1.29 is 4.79 Å². The predicted octanol–water partition coefficient (Wildman–Crippen LogP) is 0.977. The zero-order valence-corrected chi connectivity index (χ0v) is 15.0. The summed E-state index contributed by atoms with van der Waals surface area (Å²) in [5.41, 5.74) is 1.63. The molecule has 0 N–H and O–H groups in total. The Morgan fingerprint density at radius 3 is 2.60 bits per heavy atom. The molecule has 7 heteroatoms. The Labute approximate surface area is 148 Å². The van der Waals surface area contributed by atoms with E-state index in [9.17, 15) is 4.79 Å². The normalized spacial score (nSPS) is 16.2. The van der Waals surface area contributed by atoms with Gasteiger partial charge in [-0.25, -0.2) is 4.68 Å². The third kappa shape index (κ3) is 4.64. The molecule has 1 amide bonds. The van der Waals surface area contributed by atoms with Gasteiger partial charge in [0.15, 0.2) is 0 Å². The van der Waals surface area contributed by atoms with Crippen LogP contribution in [0.2, 0.25) is 0 Å². The maximum absolute atomic E-state index is 12.8. The van der Waals surface area contributed by atoms with Crippen molar-refractivity contribution in [1.82, 2.24) is 29.7 Å². The largest absolute Gasteiger partial charge is 0.337 e. The first-order valence-corrected chi connectivity index (χ1v) is 8.76. The van der Waals surface area contributed by atoms with Gasteiger partial charge in [0.25, 0.3) is 5.91 Å². The van der Waals surface area contributed by atoms with E-state index in [1.54, 1.807) is 17.1 Å². The number of hydrogen-bond acceptors (Lipinski definition) is 5. The molecule has 0 atom stereocenters. The van der Waals surface area contributed by atoms with Gasteiger partial charge in [0.1, 0.15) is 0 Å². The lowest BCUT2D eigenvalue weighted by Gasteiger charge is -2.23. The summed E-state index contributed by atoms with van der Waals surface area (Å²) in [7, 11) is 4.19. The van der Waals surface area contributed by atoms with Gasteiger partial charge < -0.3 is 14.7 Å². The lowest BCUT2D eigenvalue weighted by molar-refractivity contribution is 0.0761. The van der Waals surface area contributed by atoms with Crippen molar-refractivity contribution in [3.05, 3.63) is 42.2 Å². The number of hydrogen-bond donors (Lipinski definition) is 0. The van der Waals surface area contributed by atoms with Gasteiger partial charge in [-0.15, -0.1) is 5.10 Å². The number of benzene rings is 1. The predicted molar refractivity (Wildman–Crippen MR) is 96.9 cm³/mol. The Balaban J connectivity index is 1.59. The molecule has 25 heavy (non-hydrogen) atoms. The molecule has 1 aromatic carbocycles. The quantitative estimate of drug-likeness (QED) is 0.811. The lowest BCUT2D eigenvalue weighted by Crippen LogP contribution is -2.37. The molecule has 1 aromatic heterocycles. The second-order valence-corrected chi connectivity index (χ2v) is 6.69.